The molecule has 0 unspecified atom stereocenters. The molecule has 0 atom stereocenters. The minimum absolute atomic E-state index is 0.0817. The van der Waals surface area contributed by atoms with Crippen LogP contribution in [0.3, 0.4) is 0 Å². The van der Waals surface area contributed by atoms with E-state index in [1.54, 1.807) is 7.11 Å². The number of methoxy groups -OCH3 is 1. The van der Waals surface area contributed by atoms with E-state index >= 15 is 0 Å². The second-order valence-electron chi connectivity index (χ2n) is 5.06. The van der Waals surface area contributed by atoms with Gasteiger partial charge in [0.25, 0.3) is 0 Å². The van der Waals surface area contributed by atoms with Crippen molar-refractivity contribution in [2.24, 2.45) is 5.73 Å². The van der Waals surface area contributed by atoms with Crippen molar-refractivity contribution in [1.82, 2.24) is 9.78 Å². The van der Waals surface area contributed by atoms with Crippen LogP contribution in [0.25, 0.3) is 11.3 Å². The number of anilines is 1. The quantitative estimate of drug-likeness (QED) is 0.582. The summed E-state index contributed by atoms with van der Waals surface area (Å²) in [5, 5.41) is 15.6. The molecule has 0 radical (unpaired) electrons. The van der Waals surface area contributed by atoms with Gasteiger partial charge in [0.15, 0.2) is 0 Å². The van der Waals surface area contributed by atoms with Crippen molar-refractivity contribution in [3.8, 4) is 17.0 Å². The number of nitrogen functional groups attached to an aromatic ring is 1. The van der Waals surface area contributed by atoms with Crippen LogP contribution in [0.15, 0.2) is 24.3 Å². The van der Waals surface area contributed by atoms with Crippen molar-refractivity contribution >= 4 is 11.8 Å². The van der Waals surface area contributed by atoms with Crippen LogP contribution in [0, 0.1) is 5.41 Å². The van der Waals surface area contributed by atoms with Gasteiger partial charge in [-0.1, -0.05) is 12.1 Å². The molecule has 0 saturated carbocycles. The lowest BCUT2D eigenvalue weighted by Gasteiger charge is -2.07. The first-order valence-electron chi connectivity index (χ1n) is 7.06. The zero-order valence-electron chi connectivity index (χ0n) is 12.0. The lowest BCUT2D eigenvalue weighted by molar-refractivity contribution is 0.416. The van der Waals surface area contributed by atoms with Gasteiger partial charge in [0.2, 0.25) is 5.96 Å². The van der Waals surface area contributed by atoms with Gasteiger partial charge in [0, 0.05) is 17.7 Å². The topological polar surface area (TPSA) is 89.0 Å². The van der Waals surface area contributed by atoms with E-state index in [0.717, 1.165) is 54.2 Å². The molecule has 6 nitrogen and oxygen atoms in total. The lowest BCUT2D eigenvalue weighted by Crippen LogP contribution is -2.24. The summed E-state index contributed by atoms with van der Waals surface area (Å²) >= 11 is 0. The predicted molar refractivity (Wildman–Crippen MR) is 83.0 cm³/mol. The Balaban J connectivity index is 2.21. The van der Waals surface area contributed by atoms with Crippen LogP contribution in [0.1, 0.15) is 18.4 Å². The van der Waals surface area contributed by atoms with Crippen LogP contribution in [-0.2, 0) is 6.42 Å². The number of aromatic nitrogens is 2. The zero-order chi connectivity index (χ0) is 14.8. The van der Waals surface area contributed by atoms with E-state index in [4.69, 9.17) is 15.9 Å². The van der Waals surface area contributed by atoms with Crippen molar-refractivity contribution in [3.05, 3.63) is 29.8 Å². The summed E-state index contributed by atoms with van der Waals surface area (Å²) in [5.41, 5.74) is 8.54. The number of ether oxygens (including phenoxy) is 1. The Morgan fingerprint density at radius 2 is 2.19 bits per heavy atom. The molecule has 2 aromatic rings. The first-order chi connectivity index (χ1) is 10.2. The van der Waals surface area contributed by atoms with E-state index in [-0.39, 0.29) is 5.96 Å². The van der Waals surface area contributed by atoms with Gasteiger partial charge in [-0.3, -0.25) is 5.41 Å². The molecule has 110 valence electrons. The highest BCUT2D eigenvalue weighted by atomic mass is 16.5. The summed E-state index contributed by atoms with van der Waals surface area (Å²) in [6, 6.07) is 7.79. The average molecular weight is 285 g/mol. The molecule has 4 N–H and O–H groups in total. The van der Waals surface area contributed by atoms with Gasteiger partial charge in [0.1, 0.15) is 17.3 Å². The Bertz CT molecular complexity index is 677. The maximum atomic E-state index is 7.73. The molecule has 2 heterocycles. The third-order valence-electron chi connectivity index (χ3n) is 3.72. The number of rotatable bonds is 2. The molecule has 0 saturated heterocycles. The number of para-hydroxylation sites is 1. The summed E-state index contributed by atoms with van der Waals surface area (Å²) in [6.45, 7) is 0.872. The molecule has 0 aliphatic carbocycles. The summed E-state index contributed by atoms with van der Waals surface area (Å²) in [5.74, 6) is 1.53. The van der Waals surface area contributed by atoms with Crippen LogP contribution in [0.4, 0.5) is 5.82 Å². The minimum atomic E-state index is -0.0817. The lowest BCUT2D eigenvalue weighted by atomic mass is 10.0. The maximum absolute atomic E-state index is 7.73. The van der Waals surface area contributed by atoms with Crippen molar-refractivity contribution < 1.29 is 4.74 Å². The molecule has 3 rings (SSSR count). The summed E-state index contributed by atoms with van der Waals surface area (Å²) in [6.07, 6.45) is 3.10. The monoisotopic (exact) mass is 285 g/mol. The Labute approximate surface area is 123 Å². The number of hydrogen-bond donors (Lipinski definition) is 3. The Morgan fingerprint density at radius 1 is 1.38 bits per heavy atom. The molecule has 1 aliphatic heterocycles. The summed E-state index contributed by atoms with van der Waals surface area (Å²) < 4.78 is 6.91. The second-order valence-corrected chi connectivity index (χ2v) is 5.06. The van der Waals surface area contributed by atoms with Crippen molar-refractivity contribution in [3.63, 3.8) is 0 Å². The Morgan fingerprint density at radius 3 is 2.95 bits per heavy atom. The third kappa shape index (κ3) is 2.33. The van der Waals surface area contributed by atoms with Gasteiger partial charge < -0.3 is 15.8 Å². The van der Waals surface area contributed by atoms with Gasteiger partial charge in [-0.25, -0.2) is 0 Å². The molecular weight excluding hydrogens is 266 g/mol. The number of hydrogen-bond acceptors (Lipinski definition) is 4. The van der Waals surface area contributed by atoms with Gasteiger partial charge in [-0.2, -0.15) is 9.78 Å². The second kappa shape index (κ2) is 5.47. The fourth-order valence-electron chi connectivity index (χ4n) is 2.73. The first-order valence-corrected chi connectivity index (χ1v) is 7.06. The third-order valence-corrected chi connectivity index (χ3v) is 3.72. The standard InChI is InChI=1S/C15H19N5O/c1-21-12-8-3-2-6-10(12)13-11-7-4-5-9-18-14(11)20(19-13)15(16)17/h2-3,6,8,18H,4-5,7,9H2,1H3,(H3,16,17). The number of nitrogens with two attached hydrogens (primary N) is 1. The van der Waals surface area contributed by atoms with E-state index in [9.17, 15) is 0 Å². The normalized spacial score (nSPS) is 14.0. The molecule has 1 aromatic carbocycles. The van der Waals surface area contributed by atoms with Gasteiger partial charge in [-0.15, -0.1) is 0 Å². The van der Waals surface area contributed by atoms with Crippen LogP contribution in [-0.4, -0.2) is 29.4 Å². The molecule has 1 aromatic heterocycles. The molecule has 0 fully saturated rings. The van der Waals surface area contributed by atoms with E-state index in [0.29, 0.717) is 0 Å². The minimum Gasteiger partial charge on any atom is -0.496 e. The number of benzene rings is 1. The van der Waals surface area contributed by atoms with Crippen molar-refractivity contribution in [2.45, 2.75) is 19.3 Å². The van der Waals surface area contributed by atoms with E-state index in [1.165, 1.54) is 4.68 Å². The fraction of sp³-hybridized carbons (Fsp3) is 0.333. The highest BCUT2D eigenvalue weighted by Crippen LogP contribution is 2.36. The zero-order valence-corrected chi connectivity index (χ0v) is 12.0. The highest BCUT2D eigenvalue weighted by molar-refractivity contribution is 5.84. The van der Waals surface area contributed by atoms with E-state index in [1.807, 2.05) is 24.3 Å². The van der Waals surface area contributed by atoms with Gasteiger partial charge in [-0.05, 0) is 31.4 Å². The highest BCUT2D eigenvalue weighted by Gasteiger charge is 2.23. The molecule has 1 aliphatic rings. The average Bonchev–Trinajstić information content (AvgIpc) is 2.69. The van der Waals surface area contributed by atoms with Crippen molar-refractivity contribution in [1.29, 1.82) is 5.41 Å². The van der Waals surface area contributed by atoms with Crippen molar-refractivity contribution in [2.75, 3.05) is 19.0 Å². The molecule has 0 amide bonds. The van der Waals surface area contributed by atoms with Crippen LogP contribution in [0.2, 0.25) is 0 Å². The summed E-state index contributed by atoms with van der Waals surface area (Å²) in [7, 11) is 1.65. The maximum Gasteiger partial charge on any atom is 0.215 e. The van der Waals surface area contributed by atoms with Crippen LogP contribution >= 0.6 is 0 Å². The predicted octanol–water partition coefficient (Wildman–Crippen LogP) is 2.05. The number of nitrogens with zero attached hydrogens (tertiary/aromatic N) is 2. The molecule has 0 bridgehead atoms. The van der Waals surface area contributed by atoms with E-state index in [2.05, 4.69) is 10.4 Å². The fourth-order valence-corrected chi connectivity index (χ4v) is 2.73. The van der Waals surface area contributed by atoms with Crippen LogP contribution in [0.5, 0.6) is 5.75 Å². The molecule has 0 spiro atoms. The number of fused-ring (bicyclic) bond motifs is 1. The Hall–Kier alpha value is -2.50. The summed E-state index contributed by atoms with van der Waals surface area (Å²) in [4.78, 5) is 0. The van der Waals surface area contributed by atoms with Crippen LogP contribution < -0.4 is 15.8 Å². The Kier molecular flexibility index (Phi) is 3.51. The van der Waals surface area contributed by atoms with E-state index < -0.39 is 0 Å². The molecular formula is C15H19N5O. The SMILES string of the molecule is COc1ccccc1-c1nn(C(=N)N)c2c1CCCCN2. The molecule has 6 heteroatoms. The largest absolute Gasteiger partial charge is 0.496 e. The number of nitrogens with one attached hydrogen (secondary N) is 2. The first kappa shape index (κ1) is 13.5. The smallest absolute Gasteiger partial charge is 0.215 e. The molecule has 21 heavy (non-hydrogen) atoms. The van der Waals surface area contributed by atoms with Gasteiger partial charge in [0.05, 0.1) is 7.11 Å². The van der Waals surface area contributed by atoms with Gasteiger partial charge >= 0.3 is 0 Å².